The first-order chi connectivity index (χ1) is 9.95. The van der Waals surface area contributed by atoms with E-state index in [2.05, 4.69) is 10.5 Å². The van der Waals surface area contributed by atoms with E-state index >= 15 is 0 Å². The van der Waals surface area contributed by atoms with Crippen LogP contribution in [0.3, 0.4) is 0 Å². The molecule has 2 heterocycles. The molecule has 1 aliphatic heterocycles. The SMILES string of the molecule is Cc1cc(C(=O)NC2CCN(C(=O)CC(C)C)CC2)no1. The first kappa shape index (κ1) is 15.5. The molecule has 6 heteroatoms. The number of carbonyl (C=O) groups is 2. The Balaban J connectivity index is 1.79. The molecule has 6 nitrogen and oxygen atoms in total. The zero-order valence-corrected chi connectivity index (χ0v) is 12.9. The number of likely N-dealkylation sites (tertiary alicyclic amines) is 1. The number of nitrogens with zero attached hydrogens (tertiary/aromatic N) is 2. The predicted molar refractivity (Wildman–Crippen MR) is 77.8 cm³/mol. The van der Waals surface area contributed by atoms with Crippen molar-refractivity contribution in [2.75, 3.05) is 13.1 Å². The average molecular weight is 293 g/mol. The Bertz CT molecular complexity index is 502. The second kappa shape index (κ2) is 6.74. The van der Waals surface area contributed by atoms with E-state index in [0.717, 1.165) is 12.8 Å². The molecule has 0 bridgehead atoms. The van der Waals surface area contributed by atoms with Gasteiger partial charge in [-0.3, -0.25) is 9.59 Å². The molecule has 0 radical (unpaired) electrons. The van der Waals surface area contributed by atoms with Crippen molar-refractivity contribution in [2.24, 2.45) is 5.92 Å². The number of hydrogen-bond acceptors (Lipinski definition) is 4. The van der Waals surface area contributed by atoms with Gasteiger partial charge in [-0.25, -0.2) is 0 Å². The quantitative estimate of drug-likeness (QED) is 0.917. The molecule has 2 amide bonds. The largest absolute Gasteiger partial charge is 0.361 e. The molecule has 2 rings (SSSR count). The van der Waals surface area contributed by atoms with Gasteiger partial charge in [0.05, 0.1) is 0 Å². The molecule has 0 saturated carbocycles. The van der Waals surface area contributed by atoms with Gasteiger partial charge in [-0.2, -0.15) is 0 Å². The van der Waals surface area contributed by atoms with E-state index in [1.807, 2.05) is 18.7 Å². The molecule has 116 valence electrons. The van der Waals surface area contributed by atoms with Gasteiger partial charge in [-0.05, 0) is 25.7 Å². The smallest absolute Gasteiger partial charge is 0.273 e. The molecule has 1 aliphatic rings. The summed E-state index contributed by atoms with van der Waals surface area (Å²) in [6.07, 6.45) is 2.16. The lowest BCUT2D eigenvalue weighted by Crippen LogP contribution is -2.46. The zero-order valence-electron chi connectivity index (χ0n) is 12.9. The summed E-state index contributed by atoms with van der Waals surface area (Å²) in [5.74, 6) is 1.00. The number of carbonyl (C=O) groups excluding carboxylic acids is 2. The third-order valence-corrected chi connectivity index (χ3v) is 3.63. The van der Waals surface area contributed by atoms with Crippen LogP contribution in [0.25, 0.3) is 0 Å². The van der Waals surface area contributed by atoms with Crippen molar-refractivity contribution in [2.45, 2.75) is 46.1 Å². The minimum Gasteiger partial charge on any atom is -0.361 e. The molecule has 1 fully saturated rings. The summed E-state index contributed by atoms with van der Waals surface area (Å²) in [6.45, 7) is 7.25. The molecule has 1 aromatic rings. The summed E-state index contributed by atoms with van der Waals surface area (Å²) in [4.78, 5) is 25.8. The summed E-state index contributed by atoms with van der Waals surface area (Å²) >= 11 is 0. The van der Waals surface area contributed by atoms with Crippen molar-refractivity contribution in [3.05, 3.63) is 17.5 Å². The first-order valence-electron chi connectivity index (χ1n) is 7.47. The van der Waals surface area contributed by atoms with Crippen LogP contribution in [0.4, 0.5) is 0 Å². The Morgan fingerprint density at radius 3 is 2.62 bits per heavy atom. The Labute approximate surface area is 124 Å². The highest BCUT2D eigenvalue weighted by atomic mass is 16.5. The summed E-state index contributed by atoms with van der Waals surface area (Å²) in [5.41, 5.74) is 0.311. The maximum atomic E-state index is 12.0. The van der Waals surface area contributed by atoms with E-state index in [9.17, 15) is 9.59 Å². The first-order valence-corrected chi connectivity index (χ1v) is 7.47. The summed E-state index contributed by atoms with van der Waals surface area (Å²) < 4.78 is 4.90. The summed E-state index contributed by atoms with van der Waals surface area (Å²) in [6, 6.07) is 1.72. The van der Waals surface area contributed by atoms with E-state index in [1.54, 1.807) is 13.0 Å². The number of rotatable bonds is 4. The third kappa shape index (κ3) is 4.31. The van der Waals surface area contributed by atoms with Gasteiger partial charge in [-0.1, -0.05) is 19.0 Å². The van der Waals surface area contributed by atoms with Crippen molar-refractivity contribution in [3.8, 4) is 0 Å². The fourth-order valence-corrected chi connectivity index (χ4v) is 2.48. The van der Waals surface area contributed by atoms with Crippen LogP contribution in [-0.2, 0) is 4.79 Å². The molecular formula is C15H23N3O3. The Morgan fingerprint density at radius 2 is 2.10 bits per heavy atom. The molecular weight excluding hydrogens is 270 g/mol. The molecule has 0 unspecified atom stereocenters. The summed E-state index contributed by atoms with van der Waals surface area (Å²) in [7, 11) is 0. The van der Waals surface area contributed by atoms with Crippen LogP contribution in [0.15, 0.2) is 10.6 Å². The van der Waals surface area contributed by atoms with Crippen molar-refractivity contribution in [3.63, 3.8) is 0 Å². The highest BCUT2D eigenvalue weighted by Gasteiger charge is 2.25. The third-order valence-electron chi connectivity index (χ3n) is 3.63. The molecule has 21 heavy (non-hydrogen) atoms. The number of piperidine rings is 1. The summed E-state index contributed by atoms with van der Waals surface area (Å²) in [5, 5.41) is 6.65. The fraction of sp³-hybridized carbons (Fsp3) is 0.667. The second-order valence-corrected chi connectivity index (χ2v) is 6.05. The Morgan fingerprint density at radius 1 is 1.43 bits per heavy atom. The average Bonchev–Trinajstić information content (AvgIpc) is 2.85. The van der Waals surface area contributed by atoms with Gasteiger partial charge in [0.15, 0.2) is 5.69 Å². The van der Waals surface area contributed by atoms with Crippen LogP contribution >= 0.6 is 0 Å². The highest BCUT2D eigenvalue weighted by Crippen LogP contribution is 2.14. The molecule has 0 aromatic carbocycles. The van der Waals surface area contributed by atoms with Crippen LogP contribution in [0.1, 0.15) is 49.4 Å². The van der Waals surface area contributed by atoms with Gasteiger partial charge in [0.25, 0.3) is 5.91 Å². The van der Waals surface area contributed by atoms with Crippen molar-refractivity contribution >= 4 is 11.8 Å². The Hall–Kier alpha value is -1.85. The lowest BCUT2D eigenvalue weighted by Gasteiger charge is -2.32. The van der Waals surface area contributed by atoms with Crippen LogP contribution in [0.2, 0.25) is 0 Å². The number of aromatic nitrogens is 1. The maximum absolute atomic E-state index is 12.0. The van der Waals surface area contributed by atoms with E-state index in [-0.39, 0.29) is 17.9 Å². The topological polar surface area (TPSA) is 75.4 Å². The van der Waals surface area contributed by atoms with Gasteiger partial charge in [0, 0.05) is 31.6 Å². The van der Waals surface area contributed by atoms with Gasteiger partial charge >= 0.3 is 0 Å². The second-order valence-electron chi connectivity index (χ2n) is 6.05. The molecule has 0 atom stereocenters. The van der Waals surface area contributed by atoms with Gasteiger partial charge < -0.3 is 14.7 Å². The maximum Gasteiger partial charge on any atom is 0.273 e. The number of nitrogens with one attached hydrogen (secondary N) is 1. The molecule has 1 aromatic heterocycles. The molecule has 0 aliphatic carbocycles. The number of aryl methyl sites for hydroxylation is 1. The van der Waals surface area contributed by atoms with Gasteiger partial charge in [0.2, 0.25) is 5.91 Å². The minimum absolute atomic E-state index is 0.0950. The van der Waals surface area contributed by atoms with E-state index < -0.39 is 0 Å². The number of amides is 2. The van der Waals surface area contributed by atoms with E-state index in [0.29, 0.717) is 36.9 Å². The minimum atomic E-state index is -0.209. The highest BCUT2D eigenvalue weighted by molar-refractivity contribution is 5.92. The van der Waals surface area contributed by atoms with Crippen LogP contribution in [-0.4, -0.2) is 41.0 Å². The van der Waals surface area contributed by atoms with E-state index in [1.165, 1.54) is 0 Å². The van der Waals surface area contributed by atoms with E-state index in [4.69, 9.17) is 4.52 Å². The van der Waals surface area contributed by atoms with Gasteiger partial charge in [0.1, 0.15) is 5.76 Å². The van der Waals surface area contributed by atoms with Gasteiger partial charge in [-0.15, -0.1) is 0 Å². The lowest BCUT2D eigenvalue weighted by molar-refractivity contribution is -0.133. The van der Waals surface area contributed by atoms with Crippen molar-refractivity contribution in [1.82, 2.24) is 15.4 Å². The normalized spacial score (nSPS) is 16.3. The molecule has 1 saturated heterocycles. The molecule has 0 spiro atoms. The zero-order chi connectivity index (χ0) is 15.4. The lowest BCUT2D eigenvalue weighted by atomic mass is 10.0. The number of hydrogen-bond donors (Lipinski definition) is 1. The van der Waals surface area contributed by atoms with Crippen LogP contribution in [0.5, 0.6) is 0 Å². The monoisotopic (exact) mass is 293 g/mol. The fourth-order valence-electron chi connectivity index (χ4n) is 2.48. The van der Waals surface area contributed by atoms with Crippen LogP contribution < -0.4 is 5.32 Å². The van der Waals surface area contributed by atoms with Crippen molar-refractivity contribution < 1.29 is 14.1 Å². The standard InChI is InChI=1S/C15H23N3O3/c1-10(2)8-14(19)18-6-4-12(5-7-18)16-15(20)13-9-11(3)21-17-13/h9-10,12H,4-8H2,1-3H3,(H,16,20). The molecule has 1 N–H and O–H groups in total. The van der Waals surface area contributed by atoms with Crippen LogP contribution in [0, 0.1) is 12.8 Å². The predicted octanol–water partition coefficient (Wildman–Crippen LogP) is 1.75. The van der Waals surface area contributed by atoms with Crippen molar-refractivity contribution in [1.29, 1.82) is 0 Å². The Kier molecular flexibility index (Phi) is 4.98.